The van der Waals surface area contributed by atoms with Gasteiger partial charge in [-0.15, -0.1) is 0 Å². The maximum absolute atomic E-state index is 12.4. The molecule has 0 aliphatic rings. The van der Waals surface area contributed by atoms with Gasteiger partial charge < -0.3 is 19.8 Å². The molecule has 1 aromatic heterocycles. The molecule has 3 aromatic rings. The number of furan rings is 1. The number of benzene rings is 2. The van der Waals surface area contributed by atoms with Crippen LogP contribution in [0.1, 0.15) is 35.5 Å². The fourth-order valence-corrected chi connectivity index (χ4v) is 3.03. The molecule has 3 rings (SSSR count). The Labute approximate surface area is 183 Å². The zero-order chi connectivity index (χ0) is 21.5. The lowest BCUT2D eigenvalue weighted by molar-refractivity contribution is -0.115. The largest absolute Gasteiger partial charge is 0.444 e. The van der Waals surface area contributed by atoms with E-state index >= 15 is 0 Å². The first kappa shape index (κ1) is 21.8. The van der Waals surface area contributed by atoms with Crippen LogP contribution in [0.2, 0.25) is 0 Å². The number of hydrogen-bond acceptors (Lipinski definition) is 4. The quantitative estimate of drug-likeness (QED) is 0.461. The number of hydrogen-bond donors (Lipinski definition) is 2. The predicted molar refractivity (Wildman–Crippen MR) is 120 cm³/mol. The van der Waals surface area contributed by atoms with Gasteiger partial charge in [0.2, 0.25) is 5.91 Å². The van der Waals surface area contributed by atoms with E-state index in [1.54, 1.807) is 36.4 Å². The molecule has 156 valence electrons. The molecule has 0 unspecified atom stereocenters. The first-order valence-electron chi connectivity index (χ1n) is 9.55. The molecule has 0 bridgehead atoms. The van der Waals surface area contributed by atoms with Crippen LogP contribution in [0.15, 0.2) is 69.8 Å². The predicted octanol–water partition coefficient (Wildman–Crippen LogP) is 5.40. The minimum absolute atomic E-state index is 0.117. The lowest BCUT2D eigenvalue weighted by atomic mass is 10.1. The fourth-order valence-electron chi connectivity index (χ4n) is 2.73. The highest BCUT2D eigenvalue weighted by molar-refractivity contribution is 9.10. The number of carbonyl (C=O) groups excluding carboxylic acids is 2. The highest BCUT2D eigenvalue weighted by Gasteiger charge is 2.11. The molecule has 0 radical (unpaired) electrons. The second-order valence-corrected chi connectivity index (χ2v) is 7.82. The number of anilines is 2. The van der Waals surface area contributed by atoms with Crippen LogP contribution in [-0.2, 0) is 22.6 Å². The van der Waals surface area contributed by atoms with Crippen LogP contribution in [0.25, 0.3) is 0 Å². The summed E-state index contributed by atoms with van der Waals surface area (Å²) < 4.78 is 11.3. The van der Waals surface area contributed by atoms with Crippen molar-refractivity contribution in [3.63, 3.8) is 0 Å². The summed E-state index contributed by atoms with van der Waals surface area (Å²) in [5, 5.41) is 5.66. The summed E-state index contributed by atoms with van der Waals surface area (Å²) in [6.45, 7) is 4.47. The molecular weight excluding hydrogens is 448 g/mol. The van der Waals surface area contributed by atoms with Crippen molar-refractivity contribution in [3.8, 4) is 0 Å². The third kappa shape index (κ3) is 6.57. The van der Waals surface area contributed by atoms with Crippen molar-refractivity contribution in [1.29, 1.82) is 0 Å². The van der Waals surface area contributed by atoms with Gasteiger partial charge in [0.05, 0.1) is 19.1 Å². The van der Waals surface area contributed by atoms with E-state index in [1.165, 1.54) is 0 Å². The molecule has 0 spiro atoms. The van der Waals surface area contributed by atoms with Gasteiger partial charge in [-0.3, -0.25) is 9.59 Å². The Balaban J connectivity index is 1.53. The van der Waals surface area contributed by atoms with Gasteiger partial charge in [0.25, 0.3) is 5.91 Å². The third-order valence-electron chi connectivity index (χ3n) is 4.17. The summed E-state index contributed by atoms with van der Waals surface area (Å²) in [7, 11) is 0. The van der Waals surface area contributed by atoms with E-state index in [2.05, 4.69) is 26.6 Å². The average molecular weight is 471 g/mol. The molecular formula is C23H23BrN2O4. The molecule has 1 heterocycles. The number of amides is 2. The Morgan fingerprint density at radius 1 is 0.967 bits per heavy atom. The summed E-state index contributed by atoms with van der Waals surface area (Å²) in [5.74, 6) is -0.243. The van der Waals surface area contributed by atoms with Crippen LogP contribution < -0.4 is 10.6 Å². The minimum Gasteiger partial charge on any atom is -0.444 e. The number of halogens is 1. The Morgan fingerprint density at radius 2 is 1.73 bits per heavy atom. The Bertz CT molecular complexity index is 1010. The maximum atomic E-state index is 12.4. The standard InChI is InChI=1S/C23H23BrN2O4/c1-15(2)29-14-17-4-3-5-19(12-17)25-22(27)13-16-6-8-18(9-7-16)26-23(28)20-10-11-21(24)30-20/h3-12,15H,13-14H2,1-2H3,(H,25,27)(H,26,28). The fraction of sp³-hybridized carbons (Fsp3) is 0.217. The summed E-state index contributed by atoms with van der Waals surface area (Å²) in [5.41, 5.74) is 3.20. The minimum atomic E-state index is -0.340. The van der Waals surface area contributed by atoms with E-state index in [1.807, 2.05) is 38.1 Å². The summed E-state index contributed by atoms with van der Waals surface area (Å²) in [6, 6.07) is 18.0. The van der Waals surface area contributed by atoms with Gasteiger partial charge in [-0.1, -0.05) is 24.3 Å². The van der Waals surface area contributed by atoms with Crippen molar-refractivity contribution in [2.75, 3.05) is 10.6 Å². The Hall–Kier alpha value is -2.90. The molecule has 0 atom stereocenters. The molecule has 7 heteroatoms. The molecule has 30 heavy (non-hydrogen) atoms. The zero-order valence-corrected chi connectivity index (χ0v) is 18.4. The van der Waals surface area contributed by atoms with Gasteiger partial charge in [-0.05, 0) is 77.3 Å². The van der Waals surface area contributed by atoms with E-state index in [0.717, 1.165) is 16.8 Å². The van der Waals surface area contributed by atoms with Gasteiger partial charge in [0.1, 0.15) is 0 Å². The van der Waals surface area contributed by atoms with E-state index in [9.17, 15) is 9.59 Å². The molecule has 6 nitrogen and oxygen atoms in total. The van der Waals surface area contributed by atoms with E-state index in [0.29, 0.717) is 17.0 Å². The normalized spacial score (nSPS) is 10.8. The molecule has 0 aliphatic carbocycles. The van der Waals surface area contributed by atoms with Crippen molar-refractivity contribution in [3.05, 3.63) is 82.2 Å². The van der Waals surface area contributed by atoms with Gasteiger partial charge in [-0.25, -0.2) is 0 Å². The van der Waals surface area contributed by atoms with Crippen molar-refractivity contribution in [1.82, 2.24) is 0 Å². The van der Waals surface area contributed by atoms with Crippen LogP contribution in [-0.4, -0.2) is 17.9 Å². The second-order valence-electron chi connectivity index (χ2n) is 7.04. The molecule has 2 N–H and O–H groups in total. The highest BCUT2D eigenvalue weighted by atomic mass is 79.9. The molecule has 0 aliphatic heterocycles. The molecule has 0 saturated carbocycles. The average Bonchev–Trinajstić information content (AvgIpc) is 3.15. The van der Waals surface area contributed by atoms with Crippen LogP contribution in [0.3, 0.4) is 0 Å². The van der Waals surface area contributed by atoms with E-state index in [4.69, 9.17) is 9.15 Å². The van der Waals surface area contributed by atoms with Crippen LogP contribution in [0, 0.1) is 0 Å². The lowest BCUT2D eigenvalue weighted by Crippen LogP contribution is -2.15. The summed E-state index contributed by atoms with van der Waals surface area (Å²) >= 11 is 3.17. The van der Waals surface area contributed by atoms with E-state index < -0.39 is 0 Å². The Kier molecular flexibility index (Phi) is 7.43. The number of carbonyl (C=O) groups is 2. The zero-order valence-electron chi connectivity index (χ0n) is 16.8. The topological polar surface area (TPSA) is 80.6 Å². The monoisotopic (exact) mass is 470 g/mol. The van der Waals surface area contributed by atoms with E-state index in [-0.39, 0.29) is 30.1 Å². The SMILES string of the molecule is CC(C)OCc1cccc(NC(=O)Cc2ccc(NC(=O)c3ccc(Br)o3)cc2)c1. The Morgan fingerprint density at radius 3 is 2.40 bits per heavy atom. The molecule has 0 saturated heterocycles. The first-order chi connectivity index (χ1) is 14.4. The molecule has 2 aromatic carbocycles. The van der Waals surface area contributed by atoms with Crippen molar-refractivity contribution in [2.45, 2.75) is 33.0 Å². The van der Waals surface area contributed by atoms with Crippen molar-refractivity contribution < 1.29 is 18.7 Å². The summed E-state index contributed by atoms with van der Waals surface area (Å²) in [6.07, 6.45) is 0.378. The smallest absolute Gasteiger partial charge is 0.291 e. The van der Waals surface area contributed by atoms with Crippen LogP contribution in [0.5, 0.6) is 0 Å². The van der Waals surface area contributed by atoms with Crippen LogP contribution >= 0.6 is 15.9 Å². The number of rotatable bonds is 8. The maximum Gasteiger partial charge on any atom is 0.291 e. The van der Waals surface area contributed by atoms with Gasteiger partial charge in [0.15, 0.2) is 10.4 Å². The molecule has 2 amide bonds. The van der Waals surface area contributed by atoms with Crippen molar-refractivity contribution in [2.24, 2.45) is 0 Å². The number of ether oxygens (including phenoxy) is 1. The highest BCUT2D eigenvalue weighted by Crippen LogP contribution is 2.17. The van der Waals surface area contributed by atoms with Crippen molar-refractivity contribution >= 4 is 39.1 Å². The molecule has 0 fully saturated rings. The lowest BCUT2D eigenvalue weighted by Gasteiger charge is -2.10. The summed E-state index contributed by atoms with van der Waals surface area (Å²) in [4.78, 5) is 24.5. The van der Waals surface area contributed by atoms with Gasteiger partial charge >= 0.3 is 0 Å². The van der Waals surface area contributed by atoms with Gasteiger partial charge in [0, 0.05) is 11.4 Å². The second kappa shape index (κ2) is 10.2. The first-order valence-corrected chi connectivity index (χ1v) is 10.3. The van der Waals surface area contributed by atoms with Crippen LogP contribution in [0.4, 0.5) is 11.4 Å². The van der Waals surface area contributed by atoms with Gasteiger partial charge in [-0.2, -0.15) is 0 Å². The number of nitrogens with one attached hydrogen (secondary N) is 2. The third-order valence-corrected chi connectivity index (χ3v) is 4.59.